The highest BCUT2D eigenvalue weighted by molar-refractivity contribution is 5.85. The molecule has 0 amide bonds. The van der Waals surface area contributed by atoms with Crippen molar-refractivity contribution in [3.05, 3.63) is 0 Å². The fraction of sp³-hybridized carbons (Fsp3) is 0.818. The third-order valence-corrected chi connectivity index (χ3v) is 2.32. The van der Waals surface area contributed by atoms with Crippen LogP contribution in [0.4, 0.5) is 0 Å². The van der Waals surface area contributed by atoms with Crippen molar-refractivity contribution in [1.29, 1.82) is 0 Å². The highest BCUT2D eigenvalue weighted by atomic mass is 16.4. The Balaban J connectivity index is 3.45. The largest absolute Gasteiger partial charge is 0.480 e. The molecule has 0 bridgehead atoms. The number of carbonyl (C=O) groups excluding carboxylic acids is 1. The Morgan fingerprint density at radius 3 is 2.33 bits per heavy atom. The molecule has 0 aliphatic rings. The van der Waals surface area contributed by atoms with Crippen molar-refractivity contribution in [3.63, 3.8) is 0 Å². The maximum atomic E-state index is 11.2. The van der Waals surface area contributed by atoms with Crippen molar-refractivity contribution in [3.8, 4) is 0 Å². The number of nitrogens with two attached hydrogens (primary N) is 1. The van der Waals surface area contributed by atoms with Gasteiger partial charge in [-0.25, -0.2) is 0 Å². The Morgan fingerprint density at radius 2 is 1.80 bits per heavy atom. The zero-order valence-electron chi connectivity index (χ0n) is 9.37. The van der Waals surface area contributed by atoms with E-state index in [1.54, 1.807) is 0 Å². The van der Waals surface area contributed by atoms with Gasteiger partial charge in [0.1, 0.15) is 11.8 Å². The van der Waals surface area contributed by atoms with Crippen LogP contribution in [-0.4, -0.2) is 22.9 Å². The first kappa shape index (κ1) is 14.1. The van der Waals surface area contributed by atoms with Gasteiger partial charge in [0, 0.05) is 12.8 Å². The number of Topliss-reactive ketones (excluding diaryl/α,β-unsaturated/α-hetero) is 1. The van der Waals surface area contributed by atoms with E-state index in [4.69, 9.17) is 10.8 Å². The second kappa shape index (κ2) is 8.41. The molecule has 0 rings (SSSR count). The van der Waals surface area contributed by atoms with E-state index in [1.807, 2.05) is 0 Å². The molecule has 0 aromatic rings. The molecule has 0 saturated carbocycles. The normalized spacial score (nSPS) is 12.4. The molecule has 4 heteroatoms. The number of rotatable bonds is 9. The summed E-state index contributed by atoms with van der Waals surface area (Å²) >= 11 is 0. The molecule has 15 heavy (non-hydrogen) atoms. The van der Waals surface area contributed by atoms with Gasteiger partial charge < -0.3 is 10.8 Å². The lowest BCUT2D eigenvalue weighted by Crippen LogP contribution is -2.32. The van der Waals surface area contributed by atoms with Gasteiger partial charge in [-0.2, -0.15) is 0 Å². The SMILES string of the molecule is CCCCCCCC(=O)C[C@H](N)C(=O)O. The number of hydrogen-bond donors (Lipinski definition) is 2. The molecule has 0 spiro atoms. The van der Waals surface area contributed by atoms with Crippen LogP contribution in [0.15, 0.2) is 0 Å². The molecule has 0 aliphatic carbocycles. The van der Waals surface area contributed by atoms with Gasteiger partial charge in [-0.1, -0.05) is 32.6 Å². The summed E-state index contributed by atoms with van der Waals surface area (Å²) in [7, 11) is 0. The van der Waals surface area contributed by atoms with E-state index in [1.165, 1.54) is 12.8 Å². The second-order valence-corrected chi connectivity index (χ2v) is 3.85. The van der Waals surface area contributed by atoms with Crippen molar-refractivity contribution < 1.29 is 14.7 Å². The minimum Gasteiger partial charge on any atom is -0.480 e. The first-order valence-electron chi connectivity index (χ1n) is 5.58. The fourth-order valence-electron chi connectivity index (χ4n) is 1.36. The Bertz CT molecular complexity index is 204. The van der Waals surface area contributed by atoms with E-state index in [9.17, 15) is 9.59 Å². The highest BCUT2D eigenvalue weighted by Gasteiger charge is 2.15. The van der Waals surface area contributed by atoms with E-state index in [-0.39, 0.29) is 12.2 Å². The molecule has 4 nitrogen and oxygen atoms in total. The Morgan fingerprint density at radius 1 is 1.20 bits per heavy atom. The quantitative estimate of drug-likeness (QED) is 0.574. The summed E-state index contributed by atoms with van der Waals surface area (Å²) in [4.78, 5) is 21.6. The van der Waals surface area contributed by atoms with Crippen LogP contribution in [0.3, 0.4) is 0 Å². The topological polar surface area (TPSA) is 80.4 Å². The number of aliphatic carboxylic acids is 1. The number of ketones is 1. The summed E-state index contributed by atoms with van der Waals surface area (Å²) in [6, 6.07) is -1.03. The average Bonchev–Trinajstić information content (AvgIpc) is 2.17. The first-order valence-corrected chi connectivity index (χ1v) is 5.58. The summed E-state index contributed by atoms with van der Waals surface area (Å²) in [6.07, 6.45) is 5.84. The molecule has 0 fully saturated rings. The standard InChI is InChI=1S/C11H21NO3/c1-2-3-4-5-6-7-9(13)8-10(12)11(14)15/h10H,2-8,12H2,1H3,(H,14,15)/t10-/m0/s1. The maximum Gasteiger partial charge on any atom is 0.320 e. The minimum atomic E-state index is -1.10. The molecule has 0 aromatic heterocycles. The van der Waals surface area contributed by atoms with Crippen LogP contribution >= 0.6 is 0 Å². The molecule has 0 saturated heterocycles. The second-order valence-electron chi connectivity index (χ2n) is 3.85. The van der Waals surface area contributed by atoms with Crippen LogP contribution in [0.2, 0.25) is 0 Å². The molecule has 0 heterocycles. The summed E-state index contributed by atoms with van der Waals surface area (Å²) in [5, 5.41) is 8.50. The smallest absolute Gasteiger partial charge is 0.320 e. The van der Waals surface area contributed by atoms with E-state index >= 15 is 0 Å². The van der Waals surface area contributed by atoms with Crippen molar-refractivity contribution >= 4 is 11.8 Å². The average molecular weight is 215 g/mol. The monoisotopic (exact) mass is 215 g/mol. The molecule has 88 valence electrons. The van der Waals surface area contributed by atoms with Crippen LogP contribution in [0, 0.1) is 0 Å². The van der Waals surface area contributed by atoms with Crippen molar-refractivity contribution in [2.45, 2.75) is 57.9 Å². The van der Waals surface area contributed by atoms with Crippen molar-refractivity contribution in [2.75, 3.05) is 0 Å². The van der Waals surface area contributed by atoms with Gasteiger partial charge in [0.15, 0.2) is 0 Å². The van der Waals surface area contributed by atoms with Gasteiger partial charge in [0.2, 0.25) is 0 Å². The van der Waals surface area contributed by atoms with Crippen LogP contribution in [0.1, 0.15) is 51.9 Å². The lowest BCUT2D eigenvalue weighted by Gasteiger charge is -2.04. The number of hydrogen-bond acceptors (Lipinski definition) is 3. The lowest BCUT2D eigenvalue weighted by atomic mass is 10.0. The van der Waals surface area contributed by atoms with Gasteiger partial charge in [0.25, 0.3) is 0 Å². The zero-order valence-corrected chi connectivity index (χ0v) is 9.37. The zero-order chi connectivity index (χ0) is 11.7. The van der Waals surface area contributed by atoms with Gasteiger partial charge in [-0.15, -0.1) is 0 Å². The number of carboxylic acids is 1. The Hall–Kier alpha value is -0.900. The molecule has 0 aromatic carbocycles. The van der Waals surface area contributed by atoms with Crippen LogP contribution in [-0.2, 0) is 9.59 Å². The van der Waals surface area contributed by atoms with E-state index in [0.717, 1.165) is 19.3 Å². The van der Waals surface area contributed by atoms with Crippen LogP contribution < -0.4 is 5.73 Å². The summed E-state index contributed by atoms with van der Waals surface area (Å²) in [5.74, 6) is -1.14. The van der Waals surface area contributed by atoms with Crippen LogP contribution in [0.5, 0.6) is 0 Å². The Kier molecular flexibility index (Phi) is 7.91. The predicted molar refractivity (Wildman–Crippen MR) is 58.6 cm³/mol. The fourth-order valence-corrected chi connectivity index (χ4v) is 1.36. The summed E-state index contributed by atoms with van der Waals surface area (Å²) in [5.41, 5.74) is 5.25. The highest BCUT2D eigenvalue weighted by Crippen LogP contribution is 2.07. The first-order chi connectivity index (χ1) is 7.07. The van der Waals surface area contributed by atoms with E-state index < -0.39 is 12.0 Å². The number of carbonyl (C=O) groups is 2. The van der Waals surface area contributed by atoms with Gasteiger partial charge in [0.05, 0.1) is 0 Å². The molecular formula is C11H21NO3. The molecular weight excluding hydrogens is 194 g/mol. The minimum absolute atomic E-state index is 0.0386. The maximum absolute atomic E-state index is 11.2. The third kappa shape index (κ3) is 8.12. The van der Waals surface area contributed by atoms with Gasteiger partial charge in [-0.05, 0) is 6.42 Å². The molecule has 1 atom stereocenters. The van der Waals surface area contributed by atoms with E-state index in [2.05, 4.69) is 6.92 Å². The third-order valence-electron chi connectivity index (χ3n) is 2.32. The molecule has 0 aliphatic heterocycles. The van der Waals surface area contributed by atoms with E-state index in [0.29, 0.717) is 6.42 Å². The molecule has 3 N–H and O–H groups in total. The predicted octanol–water partition coefficient (Wildman–Crippen LogP) is 1.72. The molecule has 0 unspecified atom stereocenters. The summed E-state index contributed by atoms with van der Waals surface area (Å²) < 4.78 is 0. The molecule has 0 radical (unpaired) electrons. The summed E-state index contributed by atoms with van der Waals surface area (Å²) in [6.45, 7) is 2.14. The number of carboxylic acid groups (broad SMARTS) is 1. The number of unbranched alkanes of at least 4 members (excludes halogenated alkanes) is 4. The van der Waals surface area contributed by atoms with Crippen LogP contribution in [0.25, 0.3) is 0 Å². The van der Waals surface area contributed by atoms with Gasteiger partial charge >= 0.3 is 5.97 Å². The lowest BCUT2D eigenvalue weighted by molar-refractivity contribution is -0.140. The van der Waals surface area contributed by atoms with Crippen molar-refractivity contribution in [1.82, 2.24) is 0 Å². The Labute approximate surface area is 90.8 Å². The van der Waals surface area contributed by atoms with Gasteiger partial charge in [-0.3, -0.25) is 9.59 Å². The van der Waals surface area contributed by atoms with Crippen molar-refractivity contribution in [2.24, 2.45) is 5.73 Å².